The van der Waals surface area contributed by atoms with Crippen LogP contribution < -0.4 is 5.32 Å². The molecular formula is C14H19NO2. The molecule has 17 heavy (non-hydrogen) atoms. The molecule has 0 aliphatic carbocycles. The lowest BCUT2D eigenvalue weighted by Crippen LogP contribution is -2.30. The van der Waals surface area contributed by atoms with Gasteiger partial charge < -0.3 is 9.73 Å². The summed E-state index contributed by atoms with van der Waals surface area (Å²) >= 11 is 0. The van der Waals surface area contributed by atoms with Gasteiger partial charge in [-0.25, -0.2) is 0 Å². The SMILES string of the molecule is CC.CNC(C)C(=O)c1ccc2ccoc2c1. The molecule has 0 spiro atoms. The lowest BCUT2D eigenvalue weighted by atomic mass is 10.0. The number of hydrogen-bond donors (Lipinski definition) is 1. The zero-order valence-corrected chi connectivity index (χ0v) is 10.8. The Labute approximate surface area is 102 Å². The highest BCUT2D eigenvalue weighted by Crippen LogP contribution is 2.17. The van der Waals surface area contributed by atoms with Gasteiger partial charge in [0.1, 0.15) is 5.58 Å². The Kier molecular flexibility index (Phi) is 4.91. The van der Waals surface area contributed by atoms with Gasteiger partial charge >= 0.3 is 0 Å². The van der Waals surface area contributed by atoms with Crippen LogP contribution in [-0.4, -0.2) is 18.9 Å². The van der Waals surface area contributed by atoms with Crippen LogP contribution in [0.2, 0.25) is 0 Å². The molecule has 0 radical (unpaired) electrons. The van der Waals surface area contributed by atoms with Gasteiger partial charge in [0, 0.05) is 10.9 Å². The van der Waals surface area contributed by atoms with Gasteiger partial charge in [0.2, 0.25) is 0 Å². The molecule has 92 valence electrons. The second-order valence-corrected chi connectivity index (χ2v) is 3.55. The van der Waals surface area contributed by atoms with Crippen LogP contribution in [0, 0.1) is 0 Å². The molecule has 0 saturated heterocycles. The fraction of sp³-hybridized carbons (Fsp3) is 0.357. The fourth-order valence-electron chi connectivity index (χ4n) is 1.49. The Morgan fingerprint density at radius 2 is 2.00 bits per heavy atom. The van der Waals surface area contributed by atoms with Crippen molar-refractivity contribution in [1.82, 2.24) is 5.32 Å². The van der Waals surface area contributed by atoms with E-state index in [0.717, 1.165) is 11.0 Å². The molecule has 1 heterocycles. The molecule has 1 N–H and O–H groups in total. The molecule has 3 nitrogen and oxygen atoms in total. The zero-order chi connectivity index (χ0) is 12.8. The number of nitrogens with one attached hydrogen (secondary N) is 1. The predicted molar refractivity (Wildman–Crippen MR) is 70.4 cm³/mol. The van der Waals surface area contributed by atoms with Crippen molar-refractivity contribution in [2.24, 2.45) is 0 Å². The van der Waals surface area contributed by atoms with E-state index in [1.165, 1.54) is 0 Å². The van der Waals surface area contributed by atoms with Crippen molar-refractivity contribution in [3.63, 3.8) is 0 Å². The molecule has 1 aromatic heterocycles. The average Bonchev–Trinajstić information content (AvgIpc) is 2.86. The van der Waals surface area contributed by atoms with E-state index >= 15 is 0 Å². The summed E-state index contributed by atoms with van der Waals surface area (Å²) in [5, 5.41) is 3.94. The number of ketones is 1. The summed E-state index contributed by atoms with van der Waals surface area (Å²) in [7, 11) is 1.77. The van der Waals surface area contributed by atoms with Gasteiger partial charge in [-0.05, 0) is 26.1 Å². The predicted octanol–water partition coefficient (Wildman–Crippen LogP) is 3.25. The second kappa shape index (κ2) is 6.21. The topological polar surface area (TPSA) is 42.2 Å². The summed E-state index contributed by atoms with van der Waals surface area (Å²) in [6.07, 6.45) is 1.63. The molecule has 0 fully saturated rings. The van der Waals surface area contributed by atoms with Crippen LogP contribution in [0.5, 0.6) is 0 Å². The van der Waals surface area contributed by atoms with Gasteiger partial charge in [-0.3, -0.25) is 4.79 Å². The van der Waals surface area contributed by atoms with Crippen molar-refractivity contribution < 1.29 is 9.21 Å². The average molecular weight is 233 g/mol. The second-order valence-electron chi connectivity index (χ2n) is 3.55. The van der Waals surface area contributed by atoms with Gasteiger partial charge in [-0.2, -0.15) is 0 Å². The lowest BCUT2D eigenvalue weighted by molar-refractivity contribution is 0.0955. The first-order valence-electron chi connectivity index (χ1n) is 5.91. The third-order valence-corrected chi connectivity index (χ3v) is 2.57. The van der Waals surface area contributed by atoms with Crippen LogP contribution in [0.1, 0.15) is 31.1 Å². The molecule has 1 atom stereocenters. The van der Waals surface area contributed by atoms with Crippen molar-refractivity contribution in [3.05, 3.63) is 36.1 Å². The number of benzene rings is 1. The number of likely N-dealkylation sites (N-methyl/N-ethyl adjacent to an activating group) is 1. The van der Waals surface area contributed by atoms with Crippen molar-refractivity contribution in [2.75, 3.05) is 7.05 Å². The van der Waals surface area contributed by atoms with Crippen LogP contribution in [-0.2, 0) is 0 Å². The number of carbonyl (C=O) groups excluding carboxylic acids is 1. The van der Waals surface area contributed by atoms with E-state index in [0.29, 0.717) is 5.56 Å². The van der Waals surface area contributed by atoms with E-state index in [2.05, 4.69) is 5.32 Å². The highest BCUT2D eigenvalue weighted by atomic mass is 16.3. The van der Waals surface area contributed by atoms with Crippen LogP contribution in [0.3, 0.4) is 0 Å². The number of hydrogen-bond acceptors (Lipinski definition) is 3. The third-order valence-electron chi connectivity index (χ3n) is 2.57. The maximum atomic E-state index is 11.8. The molecular weight excluding hydrogens is 214 g/mol. The maximum Gasteiger partial charge on any atom is 0.179 e. The molecule has 1 unspecified atom stereocenters. The van der Waals surface area contributed by atoms with Crippen LogP contribution in [0.15, 0.2) is 34.9 Å². The first kappa shape index (κ1) is 13.5. The van der Waals surface area contributed by atoms with Crippen LogP contribution in [0.4, 0.5) is 0 Å². The Hall–Kier alpha value is -1.61. The number of rotatable bonds is 3. The van der Waals surface area contributed by atoms with Gasteiger partial charge in [-0.1, -0.05) is 26.0 Å². The molecule has 0 amide bonds. The smallest absolute Gasteiger partial charge is 0.179 e. The summed E-state index contributed by atoms with van der Waals surface area (Å²) in [6.45, 7) is 5.84. The van der Waals surface area contributed by atoms with Gasteiger partial charge in [-0.15, -0.1) is 0 Å². The summed E-state index contributed by atoms with van der Waals surface area (Å²) < 4.78 is 5.25. The summed E-state index contributed by atoms with van der Waals surface area (Å²) in [5.74, 6) is 0.0794. The van der Waals surface area contributed by atoms with E-state index in [1.54, 1.807) is 19.4 Å². The molecule has 3 heteroatoms. The molecule has 1 aromatic carbocycles. The minimum atomic E-state index is -0.169. The molecule has 2 rings (SSSR count). The standard InChI is InChI=1S/C12H13NO2.C2H6/c1-8(13-2)12(14)10-4-3-9-5-6-15-11(9)7-10;1-2/h3-8,13H,1-2H3;1-2H3. The first-order chi connectivity index (χ1) is 8.22. The third kappa shape index (κ3) is 2.94. The molecule has 2 aromatic rings. The highest BCUT2D eigenvalue weighted by Gasteiger charge is 2.13. The van der Waals surface area contributed by atoms with Gasteiger partial charge in [0.15, 0.2) is 5.78 Å². The minimum absolute atomic E-state index is 0.0794. The van der Waals surface area contributed by atoms with Gasteiger partial charge in [0.25, 0.3) is 0 Å². The Morgan fingerprint density at radius 3 is 2.65 bits per heavy atom. The summed E-state index contributed by atoms with van der Waals surface area (Å²) in [4.78, 5) is 11.8. The summed E-state index contributed by atoms with van der Waals surface area (Å²) in [6, 6.07) is 7.22. The van der Waals surface area contributed by atoms with E-state index < -0.39 is 0 Å². The van der Waals surface area contributed by atoms with E-state index in [1.807, 2.05) is 39.0 Å². The van der Waals surface area contributed by atoms with Gasteiger partial charge in [0.05, 0.1) is 12.3 Å². The molecule has 0 aliphatic heterocycles. The number of carbonyl (C=O) groups is 1. The van der Waals surface area contributed by atoms with Crippen LogP contribution in [0.25, 0.3) is 11.0 Å². The molecule has 0 bridgehead atoms. The Bertz CT molecular complexity index is 488. The number of fused-ring (bicyclic) bond motifs is 1. The normalized spacial score (nSPS) is 11.8. The van der Waals surface area contributed by atoms with Crippen molar-refractivity contribution in [2.45, 2.75) is 26.8 Å². The summed E-state index contributed by atoms with van der Waals surface area (Å²) in [5.41, 5.74) is 1.43. The Balaban J connectivity index is 0.000000686. The fourth-order valence-corrected chi connectivity index (χ4v) is 1.49. The van der Waals surface area contributed by atoms with Crippen LogP contribution >= 0.6 is 0 Å². The number of furan rings is 1. The monoisotopic (exact) mass is 233 g/mol. The molecule has 0 aliphatic rings. The first-order valence-corrected chi connectivity index (χ1v) is 5.91. The van der Waals surface area contributed by atoms with Crippen molar-refractivity contribution >= 4 is 16.8 Å². The molecule has 0 saturated carbocycles. The van der Waals surface area contributed by atoms with E-state index in [9.17, 15) is 4.79 Å². The largest absolute Gasteiger partial charge is 0.464 e. The lowest BCUT2D eigenvalue weighted by Gasteiger charge is -2.08. The Morgan fingerprint density at radius 1 is 1.29 bits per heavy atom. The van der Waals surface area contributed by atoms with Crippen molar-refractivity contribution in [1.29, 1.82) is 0 Å². The quantitative estimate of drug-likeness (QED) is 0.827. The highest BCUT2D eigenvalue weighted by molar-refractivity contribution is 6.02. The minimum Gasteiger partial charge on any atom is -0.464 e. The van der Waals surface area contributed by atoms with E-state index in [-0.39, 0.29) is 11.8 Å². The number of Topliss-reactive ketones (excluding diaryl/α,β-unsaturated/α-hetero) is 1. The maximum absolute atomic E-state index is 11.8. The van der Waals surface area contributed by atoms with Crippen molar-refractivity contribution in [3.8, 4) is 0 Å². The van der Waals surface area contributed by atoms with E-state index in [4.69, 9.17) is 4.42 Å². The zero-order valence-electron chi connectivity index (χ0n) is 10.8.